The van der Waals surface area contributed by atoms with Crippen LogP contribution in [0.25, 0.3) is 0 Å². The first-order valence-electron chi connectivity index (χ1n) is 5.40. The third-order valence-electron chi connectivity index (χ3n) is 2.49. The van der Waals surface area contributed by atoms with Crippen LogP contribution in [0.4, 0.5) is 10.1 Å². The number of amides is 1. The summed E-state index contributed by atoms with van der Waals surface area (Å²) in [6.07, 6.45) is 0. The fraction of sp³-hybridized carbons (Fsp3) is 0.0714. The van der Waals surface area contributed by atoms with Gasteiger partial charge < -0.3 is 5.32 Å². The van der Waals surface area contributed by atoms with Gasteiger partial charge in [-0.25, -0.2) is 4.39 Å². The SMILES string of the molecule is Cc1ccc(F)c(NC(=O)c2ccccc2I)c1. The van der Waals surface area contributed by atoms with E-state index < -0.39 is 5.82 Å². The van der Waals surface area contributed by atoms with E-state index in [1.165, 1.54) is 6.07 Å². The third kappa shape index (κ3) is 2.87. The van der Waals surface area contributed by atoms with Crippen LogP contribution >= 0.6 is 22.6 Å². The number of hydrogen-bond donors (Lipinski definition) is 1. The highest BCUT2D eigenvalue weighted by Gasteiger charge is 2.11. The molecule has 0 unspecified atom stereocenters. The largest absolute Gasteiger partial charge is 0.319 e. The summed E-state index contributed by atoms with van der Waals surface area (Å²) < 4.78 is 14.4. The van der Waals surface area contributed by atoms with Gasteiger partial charge in [0, 0.05) is 3.57 Å². The van der Waals surface area contributed by atoms with E-state index >= 15 is 0 Å². The van der Waals surface area contributed by atoms with E-state index in [2.05, 4.69) is 27.9 Å². The second-order valence-electron chi connectivity index (χ2n) is 3.92. The third-order valence-corrected chi connectivity index (χ3v) is 3.43. The fourth-order valence-electron chi connectivity index (χ4n) is 1.57. The molecule has 92 valence electrons. The number of rotatable bonds is 2. The van der Waals surface area contributed by atoms with Gasteiger partial charge in [-0.2, -0.15) is 0 Å². The lowest BCUT2D eigenvalue weighted by molar-refractivity contribution is 0.102. The van der Waals surface area contributed by atoms with Crippen LogP contribution in [0.1, 0.15) is 15.9 Å². The zero-order valence-electron chi connectivity index (χ0n) is 9.71. The average Bonchev–Trinajstić information content (AvgIpc) is 2.34. The van der Waals surface area contributed by atoms with Gasteiger partial charge in [-0.05, 0) is 59.3 Å². The van der Waals surface area contributed by atoms with Crippen molar-refractivity contribution in [3.8, 4) is 0 Å². The van der Waals surface area contributed by atoms with E-state index in [0.29, 0.717) is 5.56 Å². The lowest BCUT2D eigenvalue weighted by atomic mass is 10.2. The zero-order chi connectivity index (χ0) is 13.1. The fourth-order valence-corrected chi connectivity index (χ4v) is 2.20. The molecule has 2 aromatic carbocycles. The number of anilines is 1. The highest BCUT2D eigenvalue weighted by molar-refractivity contribution is 14.1. The minimum Gasteiger partial charge on any atom is -0.319 e. The van der Waals surface area contributed by atoms with Crippen LogP contribution in [-0.4, -0.2) is 5.91 Å². The molecule has 0 saturated heterocycles. The molecular weight excluding hydrogens is 344 g/mol. The molecule has 2 aromatic rings. The summed E-state index contributed by atoms with van der Waals surface area (Å²) in [4.78, 5) is 12.0. The highest BCUT2D eigenvalue weighted by Crippen LogP contribution is 2.18. The number of aryl methyl sites for hydroxylation is 1. The van der Waals surface area contributed by atoms with E-state index in [9.17, 15) is 9.18 Å². The monoisotopic (exact) mass is 355 g/mol. The maximum Gasteiger partial charge on any atom is 0.256 e. The van der Waals surface area contributed by atoms with E-state index in [1.54, 1.807) is 24.3 Å². The molecule has 0 aromatic heterocycles. The lowest BCUT2D eigenvalue weighted by Crippen LogP contribution is -2.14. The molecule has 0 atom stereocenters. The second-order valence-corrected chi connectivity index (χ2v) is 5.08. The molecule has 0 fully saturated rings. The van der Waals surface area contributed by atoms with Crippen LogP contribution in [0.15, 0.2) is 42.5 Å². The van der Waals surface area contributed by atoms with Gasteiger partial charge in [-0.3, -0.25) is 4.79 Å². The van der Waals surface area contributed by atoms with Crippen LogP contribution in [0.3, 0.4) is 0 Å². The van der Waals surface area contributed by atoms with Crippen LogP contribution in [0, 0.1) is 16.3 Å². The van der Waals surface area contributed by atoms with Gasteiger partial charge in [-0.1, -0.05) is 18.2 Å². The Labute approximate surface area is 118 Å². The lowest BCUT2D eigenvalue weighted by Gasteiger charge is -2.08. The second kappa shape index (κ2) is 5.48. The van der Waals surface area contributed by atoms with Crippen molar-refractivity contribution in [1.82, 2.24) is 0 Å². The quantitative estimate of drug-likeness (QED) is 0.811. The Balaban J connectivity index is 2.27. The van der Waals surface area contributed by atoms with Crippen LogP contribution in [-0.2, 0) is 0 Å². The summed E-state index contributed by atoms with van der Waals surface area (Å²) in [7, 11) is 0. The first-order valence-corrected chi connectivity index (χ1v) is 6.48. The van der Waals surface area contributed by atoms with Gasteiger partial charge >= 0.3 is 0 Å². The van der Waals surface area contributed by atoms with Gasteiger partial charge in [0.25, 0.3) is 5.91 Å². The Bertz CT molecular complexity index is 598. The summed E-state index contributed by atoms with van der Waals surface area (Å²) in [6, 6.07) is 11.8. The summed E-state index contributed by atoms with van der Waals surface area (Å²) in [5.74, 6) is -0.732. The molecule has 0 saturated carbocycles. The number of carbonyl (C=O) groups is 1. The molecule has 2 nitrogen and oxygen atoms in total. The van der Waals surface area contributed by atoms with Crippen molar-refractivity contribution in [2.45, 2.75) is 6.92 Å². The van der Waals surface area contributed by atoms with Crippen molar-refractivity contribution in [3.63, 3.8) is 0 Å². The molecule has 0 aliphatic rings. The molecule has 4 heteroatoms. The first-order chi connectivity index (χ1) is 8.58. The standard InChI is InChI=1S/C14H11FINO/c1-9-6-7-11(15)13(8-9)17-14(18)10-4-2-3-5-12(10)16/h2-8H,1H3,(H,17,18). The van der Waals surface area contributed by atoms with E-state index in [-0.39, 0.29) is 11.6 Å². The summed E-state index contributed by atoms with van der Waals surface area (Å²) >= 11 is 2.08. The van der Waals surface area contributed by atoms with Crippen molar-refractivity contribution in [2.24, 2.45) is 0 Å². The molecule has 2 rings (SSSR count). The summed E-state index contributed by atoms with van der Waals surface area (Å²) in [6.45, 7) is 1.85. The predicted molar refractivity (Wildman–Crippen MR) is 78.2 cm³/mol. The van der Waals surface area contributed by atoms with Crippen molar-refractivity contribution in [3.05, 3.63) is 63.0 Å². The Morgan fingerprint density at radius 2 is 1.94 bits per heavy atom. The van der Waals surface area contributed by atoms with Gasteiger partial charge in [-0.15, -0.1) is 0 Å². The number of carbonyl (C=O) groups excluding carboxylic acids is 1. The Hall–Kier alpha value is -1.43. The van der Waals surface area contributed by atoms with Crippen LogP contribution in [0.5, 0.6) is 0 Å². The smallest absolute Gasteiger partial charge is 0.256 e. The number of nitrogens with one attached hydrogen (secondary N) is 1. The minimum absolute atomic E-state index is 0.208. The van der Waals surface area contributed by atoms with E-state index in [4.69, 9.17) is 0 Å². The van der Waals surface area contributed by atoms with E-state index in [0.717, 1.165) is 9.13 Å². The van der Waals surface area contributed by atoms with Gasteiger partial charge in [0.05, 0.1) is 11.3 Å². The molecule has 0 bridgehead atoms. The molecule has 0 spiro atoms. The van der Waals surface area contributed by atoms with Gasteiger partial charge in [0.15, 0.2) is 0 Å². The first kappa shape index (κ1) is 13.0. The predicted octanol–water partition coefficient (Wildman–Crippen LogP) is 3.99. The van der Waals surface area contributed by atoms with Crippen LogP contribution < -0.4 is 5.32 Å². The topological polar surface area (TPSA) is 29.1 Å². The molecule has 0 heterocycles. The number of halogens is 2. The van der Waals surface area contributed by atoms with Crippen molar-refractivity contribution in [1.29, 1.82) is 0 Å². The number of benzene rings is 2. The summed E-state index contributed by atoms with van der Waals surface area (Å²) in [5.41, 5.74) is 1.65. The van der Waals surface area contributed by atoms with E-state index in [1.807, 2.05) is 19.1 Å². The van der Waals surface area contributed by atoms with Crippen LogP contribution in [0.2, 0.25) is 0 Å². The molecule has 0 radical (unpaired) electrons. The summed E-state index contributed by atoms with van der Waals surface area (Å²) in [5, 5.41) is 2.59. The Morgan fingerprint density at radius 3 is 2.67 bits per heavy atom. The molecule has 0 aliphatic carbocycles. The molecular formula is C14H11FINO. The van der Waals surface area contributed by atoms with Crippen molar-refractivity contribution in [2.75, 3.05) is 5.32 Å². The molecule has 1 amide bonds. The maximum atomic E-state index is 13.5. The number of hydrogen-bond acceptors (Lipinski definition) is 1. The Morgan fingerprint density at radius 1 is 1.22 bits per heavy atom. The highest BCUT2D eigenvalue weighted by atomic mass is 127. The minimum atomic E-state index is -0.431. The molecule has 1 N–H and O–H groups in total. The Kier molecular flexibility index (Phi) is 3.96. The van der Waals surface area contributed by atoms with Crippen molar-refractivity contribution >= 4 is 34.2 Å². The maximum absolute atomic E-state index is 13.5. The normalized spacial score (nSPS) is 10.2. The van der Waals surface area contributed by atoms with Gasteiger partial charge in [0.2, 0.25) is 0 Å². The average molecular weight is 355 g/mol. The molecule has 0 aliphatic heterocycles. The van der Waals surface area contributed by atoms with Crippen molar-refractivity contribution < 1.29 is 9.18 Å². The van der Waals surface area contributed by atoms with Gasteiger partial charge in [0.1, 0.15) is 5.82 Å². The zero-order valence-corrected chi connectivity index (χ0v) is 11.9. The molecule has 18 heavy (non-hydrogen) atoms.